The number of imidazole rings is 1. The van der Waals surface area contributed by atoms with E-state index in [1.165, 1.54) is 33.5 Å². The number of pyridine rings is 1. The fourth-order valence-electron chi connectivity index (χ4n) is 7.94. The normalized spacial score (nSPS) is 20.9. The number of rotatable bonds is 9. The number of carbonyl (C=O) groups is 3. The van der Waals surface area contributed by atoms with Gasteiger partial charge in [0.1, 0.15) is 30.1 Å². The molecule has 14 nitrogen and oxygen atoms in total. The Kier molecular flexibility index (Phi) is 11.2. The van der Waals surface area contributed by atoms with E-state index in [2.05, 4.69) is 37.5 Å². The number of benzene rings is 1. The van der Waals surface area contributed by atoms with Gasteiger partial charge in [0.25, 0.3) is 12.3 Å². The molecule has 2 saturated heterocycles. The van der Waals surface area contributed by atoms with Gasteiger partial charge in [0, 0.05) is 39.3 Å². The van der Waals surface area contributed by atoms with Crippen LogP contribution < -0.4 is 16.3 Å². The van der Waals surface area contributed by atoms with E-state index in [1.54, 1.807) is 23.9 Å². The number of aryl methyl sites for hydroxylation is 1. The van der Waals surface area contributed by atoms with Crippen molar-refractivity contribution in [3.63, 3.8) is 0 Å². The van der Waals surface area contributed by atoms with Crippen molar-refractivity contribution in [3.8, 4) is 17.9 Å². The molecule has 7 rings (SSSR count). The summed E-state index contributed by atoms with van der Waals surface area (Å²) in [5.74, 6) is 5.22. The molecule has 1 atom stereocenters. The number of nitrogens with one attached hydrogen (secondary N) is 2. The molecule has 0 radical (unpaired) electrons. The van der Waals surface area contributed by atoms with Gasteiger partial charge in [0.15, 0.2) is 5.69 Å². The number of aromatic nitrogens is 5. The lowest BCUT2D eigenvalue weighted by atomic mass is 9.85. The zero-order valence-electron chi connectivity index (χ0n) is 30.3. The van der Waals surface area contributed by atoms with Crippen molar-refractivity contribution >= 4 is 34.4 Å². The van der Waals surface area contributed by atoms with Crippen LogP contribution in [-0.2, 0) is 21.4 Å². The van der Waals surface area contributed by atoms with Crippen LogP contribution in [0, 0.1) is 29.1 Å². The molecule has 55 heavy (non-hydrogen) atoms. The summed E-state index contributed by atoms with van der Waals surface area (Å²) in [6.45, 7) is 3.00. The van der Waals surface area contributed by atoms with Gasteiger partial charge in [-0.25, -0.2) is 18.6 Å². The van der Waals surface area contributed by atoms with E-state index in [-0.39, 0.29) is 60.3 Å². The van der Waals surface area contributed by atoms with E-state index in [0.717, 1.165) is 58.2 Å². The van der Waals surface area contributed by atoms with E-state index < -0.39 is 30.0 Å². The summed E-state index contributed by atoms with van der Waals surface area (Å²) < 4.78 is 38.4. The van der Waals surface area contributed by atoms with Crippen LogP contribution in [0.1, 0.15) is 97.3 Å². The predicted molar refractivity (Wildman–Crippen MR) is 196 cm³/mol. The molecule has 1 unspecified atom stereocenters. The standard InChI is InChI=1S/C39H41F2N9O5/c1-47-35-25(5-2-9-31(35)50(39(47)54)32-14-15-33(51)45-38(32)53)6-4-20-55-28-16-18-48(19-17-28)22-24-10-12-27(13-11-24)49-23-30(34(46-49)36(40)41)44-37(52)29-8-3-7-26(21-42)43-29/h2-3,5,7-9,23-24,27-28,32,36H,10-20,22H2,1H3,(H,44,52)(H,45,51,53)/t24-,27-,32?. The first-order valence-corrected chi connectivity index (χ1v) is 18.5. The van der Waals surface area contributed by atoms with Crippen molar-refractivity contribution in [3.05, 3.63) is 75.7 Å². The third-order valence-electron chi connectivity index (χ3n) is 10.8. The first-order valence-electron chi connectivity index (χ1n) is 18.5. The van der Waals surface area contributed by atoms with E-state index in [0.29, 0.717) is 22.5 Å². The second-order valence-electron chi connectivity index (χ2n) is 14.3. The van der Waals surface area contributed by atoms with E-state index >= 15 is 0 Å². The van der Waals surface area contributed by atoms with Crippen LogP contribution in [0.5, 0.6) is 0 Å². The average molecular weight is 754 g/mol. The molecule has 286 valence electrons. The highest BCUT2D eigenvalue weighted by molar-refractivity contribution is 6.03. The largest absolute Gasteiger partial charge is 0.365 e. The van der Waals surface area contributed by atoms with Gasteiger partial charge in [0.2, 0.25) is 11.8 Å². The van der Waals surface area contributed by atoms with Gasteiger partial charge in [0.05, 0.1) is 34.4 Å². The van der Waals surface area contributed by atoms with Crippen LogP contribution in [0.4, 0.5) is 14.5 Å². The Balaban J connectivity index is 0.875. The van der Waals surface area contributed by atoms with Crippen LogP contribution >= 0.6 is 0 Å². The van der Waals surface area contributed by atoms with Crippen molar-refractivity contribution in [2.45, 2.75) is 76.0 Å². The Morgan fingerprint density at radius 3 is 2.55 bits per heavy atom. The maximum absolute atomic E-state index is 13.9. The van der Waals surface area contributed by atoms with Crippen LogP contribution in [0.15, 0.2) is 47.4 Å². The van der Waals surface area contributed by atoms with Gasteiger partial charge >= 0.3 is 5.69 Å². The van der Waals surface area contributed by atoms with Crippen LogP contribution in [0.2, 0.25) is 0 Å². The maximum Gasteiger partial charge on any atom is 0.329 e. The fraction of sp³-hybridized carbons (Fsp3) is 0.462. The molecular formula is C39H41F2N9O5. The number of ether oxygens (including phenoxy) is 1. The lowest BCUT2D eigenvalue weighted by Gasteiger charge is -2.36. The molecule has 3 aromatic heterocycles. The Hall–Kier alpha value is -5.71. The number of para-hydroxylation sites is 1. The van der Waals surface area contributed by atoms with Gasteiger partial charge in [-0.1, -0.05) is 24.0 Å². The highest BCUT2D eigenvalue weighted by atomic mass is 19.3. The molecular weight excluding hydrogens is 712 g/mol. The summed E-state index contributed by atoms with van der Waals surface area (Å²) in [7, 11) is 1.65. The van der Waals surface area contributed by atoms with Gasteiger partial charge in [-0.2, -0.15) is 10.4 Å². The van der Waals surface area contributed by atoms with Crippen LogP contribution in [-0.4, -0.2) is 78.9 Å². The number of piperidine rings is 2. The molecule has 1 saturated carbocycles. The Bertz CT molecular complexity index is 2260. The number of hydrogen-bond acceptors (Lipinski definition) is 9. The number of halogens is 2. The second-order valence-corrected chi connectivity index (χ2v) is 14.3. The molecule has 16 heteroatoms. The zero-order chi connectivity index (χ0) is 38.6. The Morgan fingerprint density at radius 2 is 1.82 bits per heavy atom. The lowest BCUT2D eigenvalue weighted by Crippen LogP contribution is -2.44. The molecule has 3 fully saturated rings. The first-order chi connectivity index (χ1) is 26.6. The number of nitrogens with zero attached hydrogens (tertiary/aromatic N) is 7. The minimum Gasteiger partial charge on any atom is -0.365 e. The molecule has 3 amide bonds. The molecule has 2 N–H and O–H groups in total. The Labute approximate surface area is 315 Å². The molecule has 3 aliphatic rings. The minimum absolute atomic E-state index is 0.0433. The topological polar surface area (TPSA) is 169 Å². The van der Waals surface area contributed by atoms with Crippen molar-refractivity contribution in [2.75, 3.05) is 31.6 Å². The van der Waals surface area contributed by atoms with Crippen LogP contribution in [0.25, 0.3) is 11.0 Å². The van der Waals surface area contributed by atoms with Crippen molar-refractivity contribution < 1.29 is 27.9 Å². The summed E-state index contributed by atoms with van der Waals surface area (Å²) in [4.78, 5) is 56.5. The van der Waals surface area contributed by atoms with Crippen molar-refractivity contribution in [1.29, 1.82) is 5.26 Å². The molecule has 2 aliphatic heterocycles. The SMILES string of the molecule is Cn1c(=O)n(C2CCC(=O)NC2=O)c2cccc(C#CCOC3CCN(C[C@H]4CC[C@H](n5cc(NC(=O)c6cccc(C#N)n6)c(C(F)F)n5)CC4)CC3)c21. The Morgan fingerprint density at radius 1 is 1.05 bits per heavy atom. The molecule has 0 spiro atoms. The summed E-state index contributed by atoms with van der Waals surface area (Å²) in [5, 5.41) is 18.1. The fourth-order valence-corrected chi connectivity index (χ4v) is 7.94. The third-order valence-corrected chi connectivity index (χ3v) is 10.8. The number of fused-ring (bicyclic) bond motifs is 1. The summed E-state index contributed by atoms with van der Waals surface area (Å²) in [5.41, 5.74) is 0.987. The highest BCUT2D eigenvalue weighted by Gasteiger charge is 2.32. The smallest absolute Gasteiger partial charge is 0.329 e. The number of anilines is 1. The first kappa shape index (κ1) is 37.6. The number of amides is 3. The lowest BCUT2D eigenvalue weighted by molar-refractivity contribution is -0.135. The van der Waals surface area contributed by atoms with E-state index in [1.807, 2.05) is 12.1 Å². The number of imide groups is 1. The van der Waals surface area contributed by atoms with Crippen molar-refractivity contribution in [1.82, 2.24) is 34.1 Å². The number of likely N-dealkylation sites (tertiary alicyclic amines) is 1. The maximum atomic E-state index is 13.9. The average Bonchev–Trinajstić information content (AvgIpc) is 3.72. The summed E-state index contributed by atoms with van der Waals surface area (Å²) in [6.07, 6.45) is 4.31. The van der Waals surface area contributed by atoms with Crippen molar-refractivity contribution in [2.24, 2.45) is 13.0 Å². The minimum atomic E-state index is -2.87. The number of alkyl halides is 2. The van der Waals surface area contributed by atoms with Gasteiger partial charge in [-0.3, -0.25) is 33.5 Å². The third kappa shape index (κ3) is 8.21. The van der Waals surface area contributed by atoms with Crippen LogP contribution in [0.3, 0.4) is 0 Å². The monoisotopic (exact) mass is 753 g/mol. The highest BCUT2D eigenvalue weighted by Crippen LogP contribution is 2.35. The van der Waals surface area contributed by atoms with Gasteiger partial charge in [-0.05, 0) is 75.1 Å². The summed E-state index contributed by atoms with van der Waals surface area (Å²) >= 11 is 0. The molecule has 1 aliphatic carbocycles. The molecule has 4 aromatic rings. The quantitative estimate of drug-likeness (QED) is 0.188. The summed E-state index contributed by atoms with van der Waals surface area (Å²) in [6, 6.07) is 10.8. The van der Waals surface area contributed by atoms with E-state index in [4.69, 9.17) is 10.00 Å². The van der Waals surface area contributed by atoms with Gasteiger partial charge < -0.3 is 15.0 Å². The van der Waals surface area contributed by atoms with Gasteiger partial charge in [-0.15, -0.1) is 0 Å². The molecule has 0 bridgehead atoms. The molecule has 5 heterocycles. The second kappa shape index (κ2) is 16.3. The number of hydrogen-bond donors (Lipinski definition) is 2. The zero-order valence-corrected chi connectivity index (χ0v) is 30.3. The number of nitriles is 1. The van der Waals surface area contributed by atoms with E-state index in [9.17, 15) is 28.0 Å². The number of carbonyl (C=O) groups excluding carboxylic acids is 3. The predicted octanol–water partition coefficient (Wildman–Crippen LogP) is 4.23. The molecule has 1 aromatic carbocycles.